The predicted molar refractivity (Wildman–Crippen MR) is 91.7 cm³/mol. The number of alkyl halides is 3. The van der Waals surface area contributed by atoms with Gasteiger partial charge in [-0.1, -0.05) is 23.2 Å². The molecule has 0 bridgehead atoms. The average Bonchev–Trinajstić information content (AvgIpc) is 2.55. The number of nitrogens with zero attached hydrogens (tertiary/aromatic N) is 1. The normalized spacial score (nSPS) is 12.2. The molecule has 0 radical (unpaired) electrons. The molecule has 1 amide bonds. The smallest absolute Gasteiger partial charge is 0.416 e. The molecule has 0 aromatic heterocycles. The lowest BCUT2D eigenvalue weighted by atomic mass is 10.1. The van der Waals surface area contributed by atoms with Crippen LogP contribution in [0.15, 0.2) is 48.0 Å². The second kappa shape index (κ2) is 7.68. The van der Waals surface area contributed by atoms with Crippen LogP contribution in [0.25, 0.3) is 5.76 Å². The first-order chi connectivity index (χ1) is 12.1. The minimum Gasteiger partial charge on any atom is -0.506 e. The first kappa shape index (κ1) is 19.6. The van der Waals surface area contributed by atoms with Crippen molar-refractivity contribution in [2.24, 2.45) is 0 Å². The lowest BCUT2D eigenvalue weighted by molar-refractivity contribution is -0.137. The molecule has 0 saturated heterocycles. The van der Waals surface area contributed by atoms with E-state index in [4.69, 9.17) is 28.5 Å². The Morgan fingerprint density at radius 2 is 1.73 bits per heavy atom. The van der Waals surface area contributed by atoms with E-state index < -0.39 is 29.0 Å². The minimum absolute atomic E-state index is 0.00943. The van der Waals surface area contributed by atoms with Gasteiger partial charge in [-0.2, -0.15) is 18.4 Å². The molecular weight excluding hydrogens is 392 g/mol. The number of hydrogen-bond donors (Lipinski definition) is 2. The van der Waals surface area contributed by atoms with Crippen LogP contribution in [0.4, 0.5) is 18.9 Å². The van der Waals surface area contributed by atoms with E-state index in [-0.39, 0.29) is 16.3 Å². The number of carbonyl (C=O) groups is 1. The zero-order valence-corrected chi connectivity index (χ0v) is 14.2. The van der Waals surface area contributed by atoms with Gasteiger partial charge < -0.3 is 10.4 Å². The number of nitriles is 1. The van der Waals surface area contributed by atoms with Crippen molar-refractivity contribution >= 4 is 40.6 Å². The molecule has 134 valence electrons. The summed E-state index contributed by atoms with van der Waals surface area (Å²) in [7, 11) is 0. The Morgan fingerprint density at radius 1 is 1.12 bits per heavy atom. The molecule has 4 nitrogen and oxygen atoms in total. The van der Waals surface area contributed by atoms with Crippen LogP contribution >= 0.6 is 23.2 Å². The van der Waals surface area contributed by atoms with Crippen molar-refractivity contribution in [3.05, 3.63) is 69.2 Å². The van der Waals surface area contributed by atoms with Gasteiger partial charge in [-0.05, 0) is 42.5 Å². The topological polar surface area (TPSA) is 73.1 Å². The maximum atomic E-state index is 12.5. The molecule has 2 aromatic carbocycles. The van der Waals surface area contributed by atoms with Gasteiger partial charge in [0.2, 0.25) is 0 Å². The second-order valence-electron chi connectivity index (χ2n) is 4.99. The molecule has 2 rings (SSSR count). The summed E-state index contributed by atoms with van der Waals surface area (Å²) in [6.07, 6.45) is -4.51. The molecule has 0 unspecified atom stereocenters. The fourth-order valence-corrected chi connectivity index (χ4v) is 2.46. The van der Waals surface area contributed by atoms with Crippen LogP contribution in [0.5, 0.6) is 0 Å². The molecule has 0 aliphatic carbocycles. The summed E-state index contributed by atoms with van der Waals surface area (Å²) < 4.78 is 37.6. The third kappa shape index (κ3) is 4.48. The van der Waals surface area contributed by atoms with E-state index in [1.54, 1.807) is 6.07 Å². The average molecular weight is 401 g/mol. The van der Waals surface area contributed by atoms with Crippen molar-refractivity contribution in [2.75, 3.05) is 5.32 Å². The minimum atomic E-state index is -4.51. The standard InChI is InChI=1S/C17H9Cl2F3N2O2/c18-10-3-6-12(14(19)7-10)15(25)13(8-23)16(26)24-11-4-1-9(2-5-11)17(20,21)22/h1-7,25H,(H,24,26). The molecule has 0 aliphatic rings. The van der Waals surface area contributed by atoms with Gasteiger partial charge in [0.25, 0.3) is 5.91 Å². The molecule has 0 aliphatic heterocycles. The van der Waals surface area contributed by atoms with Crippen LogP contribution in [-0.4, -0.2) is 11.0 Å². The SMILES string of the molecule is N#CC(C(=O)Nc1ccc(C(F)(F)F)cc1)=C(O)c1ccc(Cl)cc1Cl. The summed E-state index contributed by atoms with van der Waals surface area (Å²) in [5.74, 6) is -1.69. The Kier molecular flexibility index (Phi) is 5.80. The molecule has 2 N–H and O–H groups in total. The molecule has 0 fully saturated rings. The Morgan fingerprint density at radius 3 is 2.23 bits per heavy atom. The maximum Gasteiger partial charge on any atom is 0.416 e. The Balaban J connectivity index is 2.30. The summed E-state index contributed by atoms with van der Waals surface area (Å²) in [5.41, 5.74) is -1.52. The number of rotatable bonds is 3. The van der Waals surface area contributed by atoms with E-state index in [0.717, 1.165) is 24.3 Å². The molecule has 2 aromatic rings. The number of anilines is 1. The number of carbonyl (C=O) groups excluding carboxylic acids is 1. The molecule has 9 heteroatoms. The van der Waals surface area contributed by atoms with E-state index in [1.807, 2.05) is 0 Å². The highest BCUT2D eigenvalue weighted by Crippen LogP contribution is 2.30. The molecular formula is C17H9Cl2F3N2O2. The number of benzene rings is 2. The van der Waals surface area contributed by atoms with Crippen molar-refractivity contribution in [1.82, 2.24) is 0 Å². The largest absolute Gasteiger partial charge is 0.506 e. The van der Waals surface area contributed by atoms with E-state index in [2.05, 4.69) is 5.32 Å². The number of halogens is 5. The van der Waals surface area contributed by atoms with Crippen LogP contribution in [0, 0.1) is 11.3 Å². The second-order valence-corrected chi connectivity index (χ2v) is 5.83. The summed E-state index contributed by atoms with van der Waals surface area (Å²) in [6, 6.07) is 9.21. The van der Waals surface area contributed by atoms with Gasteiger partial charge in [0.05, 0.1) is 10.6 Å². The number of hydrogen-bond acceptors (Lipinski definition) is 3. The first-order valence-corrected chi connectivity index (χ1v) is 7.66. The third-order valence-corrected chi connectivity index (χ3v) is 3.78. The van der Waals surface area contributed by atoms with Crippen LogP contribution in [0.2, 0.25) is 10.0 Å². The lowest BCUT2D eigenvalue weighted by Crippen LogP contribution is -2.15. The van der Waals surface area contributed by atoms with Crippen molar-refractivity contribution in [3.8, 4) is 6.07 Å². The van der Waals surface area contributed by atoms with Gasteiger partial charge in [0.1, 0.15) is 11.8 Å². The van der Waals surface area contributed by atoms with E-state index in [0.29, 0.717) is 5.02 Å². The Hall–Kier alpha value is -2.69. The summed E-state index contributed by atoms with van der Waals surface area (Å²) in [6.45, 7) is 0. The van der Waals surface area contributed by atoms with Gasteiger partial charge in [-0.3, -0.25) is 4.79 Å². The zero-order chi connectivity index (χ0) is 19.5. The van der Waals surface area contributed by atoms with Crippen molar-refractivity contribution in [3.63, 3.8) is 0 Å². The van der Waals surface area contributed by atoms with E-state index in [9.17, 15) is 23.1 Å². The number of aliphatic hydroxyl groups is 1. The highest BCUT2D eigenvalue weighted by molar-refractivity contribution is 6.35. The lowest BCUT2D eigenvalue weighted by Gasteiger charge is -2.10. The first-order valence-electron chi connectivity index (χ1n) is 6.91. The zero-order valence-electron chi connectivity index (χ0n) is 12.7. The monoisotopic (exact) mass is 400 g/mol. The van der Waals surface area contributed by atoms with Gasteiger partial charge >= 0.3 is 6.18 Å². The van der Waals surface area contributed by atoms with Crippen LogP contribution in [0.1, 0.15) is 11.1 Å². The van der Waals surface area contributed by atoms with Crippen molar-refractivity contribution < 1.29 is 23.1 Å². The van der Waals surface area contributed by atoms with Gasteiger partial charge in [-0.25, -0.2) is 0 Å². The van der Waals surface area contributed by atoms with Gasteiger partial charge in [0.15, 0.2) is 5.57 Å². The summed E-state index contributed by atoms with van der Waals surface area (Å²) in [4.78, 5) is 12.2. The molecule has 0 saturated carbocycles. The molecule has 26 heavy (non-hydrogen) atoms. The molecule has 0 heterocycles. The van der Waals surface area contributed by atoms with Crippen LogP contribution in [0.3, 0.4) is 0 Å². The quantitative estimate of drug-likeness (QED) is 0.409. The summed E-state index contributed by atoms with van der Waals surface area (Å²) >= 11 is 11.7. The fraction of sp³-hybridized carbons (Fsp3) is 0.0588. The molecule has 0 spiro atoms. The van der Waals surface area contributed by atoms with Crippen molar-refractivity contribution in [2.45, 2.75) is 6.18 Å². The highest BCUT2D eigenvalue weighted by Gasteiger charge is 2.30. The summed E-state index contributed by atoms with van der Waals surface area (Å²) in [5, 5.41) is 21.9. The van der Waals surface area contributed by atoms with Crippen LogP contribution < -0.4 is 5.32 Å². The molecule has 0 atom stereocenters. The van der Waals surface area contributed by atoms with Gasteiger partial charge in [0, 0.05) is 16.3 Å². The third-order valence-electron chi connectivity index (χ3n) is 3.23. The number of amides is 1. The predicted octanol–water partition coefficient (Wildman–Crippen LogP) is 5.44. The van der Waals surface area contributed by atoms with Crippen LogP contribution in [-0.2, 0) is 11.0 Å². The number of aliphatic hydroxyl groups excluding tert-OH is 1. The van der Waals surface area contributed by atoms with Crippen molar-refractivity contribution in [1.29, 1.82) is 5.26 Å². The Bertz CT molecular complexity index is 917. The van der Waals surface area contributed by atoms with Gasteiger partial charge in [-0.15, -0.1) is 0 Å². The maximum absolute atomic E-state index is 12.5. The van der Waals surface area contributed by atoms with E-state index >= 15 is 0 Å². The fourth-order valence-electron chi connectivity index (χ4n) is 1.96. The number of nitrogens with one attached hydrogen (secondary N) is 1. The highest BCUT2D eigenvalue weighted by atomic mass is 35.5. The van der Waals surface area contributed by atoms with E-state index in [1.165, 1.54) is 18.2 Å². The Labute approximate surface area is 156 Å².